The van der Waals surface area contributed by atoms with Crippen molar-refractivity contribution < 1.29 is 32.3 Å². The molecular weight excluding hydrogens is 341 g/mol. The van der Waals surface area contributed by atoms with Gasteiger partial charge in [-0.25, -0.2) is 0 Å². The molecule has 0 bridgehead atoms. The highest BCUT2D eigenvalue weighted by Crippen LogP contribution is 2.29. The second kappa shape index (κ2) is 7.84. The van der Waals surface area contributed by atoms with Gasteiger partial charge in [-0.1, -0.05) is 12.1 Å². The quantitative estimate of drug-likeness (QED) is 0.712. The molecule has 0 radical (unpaired) electrons. The Kier molecular flexibility index (Phi) is 5.81. The molecule has 0 aliphatic carbocycles. The van der Waals surface area contributed by atoms with Gasteiger partial charge in [0.15, 0.2) is 0 Å². The maximum atomic E-state index is 12.5. The summed E-state index contributed by atoms with van der Waals surface area (Å²) in [7, 11) is 0. The molecule has 0 aliphatic rings. The molecule has 1 atom stereocenters. The molecule has 6 nitrogen and oxygen atoms in total. The van der Waals surface area contributed by atoms with Crippen molar-refractivity contribution >= 4 is 11.8 Å². The van der Waals surface area contributed by atoms with E-state index in [1.54, 1.807) is 12.1 Å². The highest BCUT2D eigenvalue weighted by molar-refractivity contribution is 6.35. The Bertz CT molecular complexity index is 712. The minimum absolute atomic E-state index is 0.0285. The van der Waals surface area contributed by atoms with Crippen LogP contribution in [0.3, 0.4) is 0 Å². The van der Waals surface area contributed by atoms with Crippen molar-refractivity contribution in [2.45, 2.75) is 18.8 Å². The maximum Gasteiger partial charge on any atom is 0.416 e. The van der Waals surface area contributed by atoms with E-state index in [1.165, 1.54) is 6.26 Å². The Balaban J connectivity index is 1.81. The molecule has 0 fully saturated rings. The molecule has 2 amide bonds. The number of amides is 2. The molecule has 9 heteroatoms. The van der Waals surface area contributed by atoms with E-state index in [-0.39, 0.29) is 18.7 Å². The van der Waals surface area contributed by atoms with Gasteiger partial charge in [-0.15, -0.1) is 0 Å². The fourth-order valence-electron chi connectivity index (χ4n) is 1.94. The summed E-state index contributed by atoms with van der Waals surface area (Å²) >= 11 is 0. The highest BCUT2D eigenvalue weighted by Gasteiger charge is 2.30. The molecule has 0 saturated heterocycles. The van der Waals surface area contributed by atoms with Crippen LogP contribution in [0.4, 0.5) is 13.2 Å². The summed E-state index contributed by atoms with van der Waals surface area (Å²) in [6.45, 7) is -0.293. The minimum atomic E-state index is -4.47. The molecule has 3 N–H and O–H groups in total. The first-order valence-corrected chi connectivity index (χ1v) is 7.21. The Hall–Kier alpha value is -2.81. The summed E-state index contributed by atoms with van der Waals surface area (Å²) in [5.74, 6) is -1.43. The van der Waals surface area contributed by atoms with E-state index >= 15 is 0 Å². The number of carbonyl (C=O) groups excluding carboxylic acids is 2. The molecule has 1 unspecified atom stereocenters. The Morgan fingerprint density at radius 3 is 2.28 bits per heavy atom. The van der Waals surface area contributed by atoms with Crippen LogP contribution in [0.2, 0.25) is 0 Å². The summed E-state index contributed by atoms with van der Waals surface area (Å²) < 4.78 is 42.4. The van der Waals surface area contributed by atoms with Crippen LogP contribution in [-0.2, 0) is 22.3 Å². The van der Waals surface area contributed by atoms with Crippen molar-refractivity contribution in [3.05, 3.63) is 59.5 Å². The normalized spacial score (nSPS) is 12.5. The fourth-order valence-corrected chi connectivity index (χ4v) is 1.94. The van der Waals surface area contributed by atoms with Crippen molar-refractivity contribution in [3.8, 4) is 0 Å². The highest BCUT2D eigenvalue weighted by atomic mass is 19.4. The molecule has 2 rings (SSSR count). The van der Waals surface area contributed by atoms with E-state index in [4.69, 9.17) is 4.42 Å². The molecule has 1 heterocycles. The number of benzene rings is 1. The van der Waals surface area contributed by atoms with Crippen LogP contribution in [-0.4, -0.2) is 23.5 Å². The summed E-state index contributed by atoms with van der Waals surface area (Å²) in [6, 6.07) is 7.12. The van der Waals surface area contributed by atoms with E-state index in [2.05, 4.69) is 10.6 Å². The van der Waals surface area contributed by atoms with Crippen molar-refractivity contribution in [2.75, 3.05) is 6.54 Å². The third kappa shape index (κ3) is 5.35. The number of alkyl halides is 3. The largest absolute Gasteiger partial charge is 0.467 e. The number of rotatable bonds is 5. The van der Waals surface area contributed by atoms with Crippen LogP contribution in [0, 0.1) is 0 Å². The number of furan rings is 1. The number of hydrogen-bond acceptors (Lipinski definition) is 4. The second-order valence-electron chi connectivity index (χ2n) is 5.11. The van der Waals surface area contributed by atoms with Crippen LogP contribution in [0.25, 0.3) is 0 Å². The van der Waals surface area contributed by atoms with Gasteiger partial charge in [-0.2, -0.15) is 13.2 Å². The molecule has 0 aliphatic heterocycles. The average Bonchev–Trinajstić information content (AvgIpc) is 3.10. The molecule has 0 spiro atoms. The first-order chi connectivity index (χ1) is 11.8. The zero-order valence-corrected chi connectivity index (χ0v) is 12.8. The van der Waals surface area contributed by atoms with Gasteiger partial charge in [0.2, 0.25) is 0 Å². The zero-order chi connectivity index (χ0) is 18.4. The van der Waals surface area contributed by atoms with E-state index in [0.717, 1.165) is 24.3 Å². The molecule has 1 aromatic heterocycles. The topological polar surface area (TPSA) is 91.6 Å². The van der Waals surface area contributed by atoms with Crippen LogP contribution in [0.15, 0.2) is 47.1 Å². The summed E-state index contributed by atoms with van der Waals surface area (Å²) in [4.78, 5) is 23.2. The molecule has 25 heavy (non-hydrogen) atoms. The molecule has 1 aromatic carbocycles. The van der Waals surface area contributed by atoms with Gasteiger partial charge >= 0.3 is 18.0 Å². The van der Waals surface area contributed by atoms with E-state index in [1.807, 2.05) is 0 Å². The van der Waals surface area contributed by atoms with Crippen molar-refractivity contribution in [1.29, 1.82) is 0 Å². The second-order valence-corrected chi connectivity index (χ2v) is 5.11. The summed E-state index contributed by atoms with van der Waals surface area (Å²) in [5, 5.41) is 14.4. The van der Waals surface area contributed by atoms with E-state index < -0.39 is 29.7 Å². The first-order valence-electron chi connectivity index (χ1n) is 7.21. The monoisotopic (exact) mass is 356 g/mol. The number of aliphatic hydroxyl groups excluding tert-OH is 1. The lowest BCUT2D eigenvalue weighted by atomic mass is 10.1. The lowest BCUT2D eigenvalue weighted by Gasteiger charge is -2.13. The van der Waals surface area contributed by atoms with Crippen LogP contribution < -0.4 is 10.6 Å². The van der Waals surface area contributed by atoms with Gasteiger partial charge in [0.05, 0.1) is 24.5 Å². The van der Waals surface area contributed by atoms with Gasteiger partial charge in [-0.05, 0) is 29.8 Å². The average molecular weight is 356 g/mol. The lowest BCUT2D eigenvalue weighted by Crippen LogP contribution is -2.41. The van der Waals surface area contributed by atoms with Crippen LogP contribution in [0.1, 0.15) is 23.0 Å². The molecule has 2 aromatic rings. The zero-order valence-electron chi connectivity index (χ0n) is 12.8. The van der Waals surface area contributed by atoms with E-state index in [9.17, 15) is 27.9 Å². The number of halogens is 3. The first kappa shape index (κ1) is 18.5. The Morgan fingerprint density at radius 2 is 1.72 bits per heavy atom. The number of hydrogen-bond donors (Lipinski definition) is 3. The summed E-state index contributed by atoms with van der Waals surface area (Å²) in [5.41, 5.74) is -0.658. The van der Waals surface area contributed by atoms with Gasteiger partial charge in [0.25, 0.3) is 0 Å². The lowest BCUT2D eigenvalue weighted by molar-refractivity contribution is -0.139. The predicted molar refractivity (Wildman–Crippen MR) is 80.0 cm³/mol. The van der Waals surface area contributed by atoms with Crippen LogP contribution >= 0.6 is 0 Å². The van der Waals surface area contributed by atoms with Gasteiger partial charge < -0.3 is 20.2 Å². The maximum absolute atomic E-state index is 12.5. The third-order valence-corrected chi connectivity index (χ3v) is 3.29. The Morgan fingerprint density at radius 1 is 1.08 bits per heavy atom. The van der Waals surface area contributed by atoms with Gasteiger partial charge in [0, 0.05) is 6.54 Å². The fraction of sp³-hybridized carbons (Fsp3) is 0.250. The smallest absolute Gasteiger partial charge is 0.416 e. The standard InChI is InChI=1S/C16H15F3N2O4/c17-16(18,19)11-5-3-10(4-6-11)13(22)9-21-15(24)14(23)20-8-12-2-1-7-25-12/h1-7,13,22H,8-9H2,(H,20,23)(H,21,24). The van der Waals surface area contributed by atoms with Crippen molar-refractivity contribution in [1.82, 2.24) is 10.6 Å². The van der Waals surface area contributed by atoms with Crippen LogP contribution in [0.5, 0.6) is 0 Å². The molecule has 134 valence electrons. The predicted octanol–water partition coefficient (Wildman–Crippen LogP) is 1.76. The van der Waals surface area contributed by atoms with E-state index in [0.29, 0.717) is 5.76 Å². The molecule has 0 saturated carbocycles. The Labute approximate surface area is 140 Å². The van der Waals surface area contributed by atoms with Crippen molar-refractivity contribution in [3.63, 3.8) is 0 Å². The SMILES string of the molecule is O=C(NCc1ccco1)C(=O)NCC(O)c1ccc(C(F)(F)F)cc1. The van der Waals surface area contributed by atoms with Gasteiger partial charge in [-0.3, -0.25) is 9.59 Å². The number of nitrogens with one attached hydrogen (secondary N) is 2. The summed E-state index contributed by atoms with van der Waals surface area (Å²) in [6.07, 6.45) is -4.30. The van der Waals surface area contributed by atoms with Gasteiger partial charge in [0.1, 0.15) is 5.76 Å². The third-order valence-electron chi connectivity index (χ3n) is 3.29. The minimum Gasteiger partial charge on any atom is -0.467 e. The molecular formula is C16H15F3N2O4. The number of carbonyl (C=O) groups is 2. The number of aliphatic hydroxyl groups is 1. The van der Waals surface area contributed by atoms with Crippen molar-refractivity contribution in [2.24, 2.45) is 0 Å².